The predicted octanol–water partition coefficient (Wildman–Crippen LogP) is 5.48. The zero-order valence-corrected chi connectivity index (χ0v) is 20.5. The van der Waals surface area contributed by atoms with Gasteiger partial charge in [-0.15, -0.1) is 0 Å². The van der Waals surface area contributed by atoms with Crippen LogP contribution in [0.15, 0.2) is 76.8 Å². The first-order valence-corrected chi connectivity index (χ1v) is 11.5. The van der Waals surface area contributed by atoms with Crippen molar-refractivity contribution >= 4 is 56.8 Å². The minimum atomic E-state index is -0.525. The fourth-order valence-corrected chi connectivity index (χ4v) is 4.21. The summed E-state index contributed by atoms with van der Waals surface area (Å²) in [6.45, 7) is 4.59. The number of hydrogen-bond acceptors (Lipinski definition) is 4. The highest BCUT2D eigenvalue weighted by atomic mass is 79.9. The van der Waals surface area contributed by atoms with Gasteiger partial charge in [0.05, 0.1) is 10.2 Å². The summed E-state index contributed by atoms with van der Waals surface area (Å²) in [5.41, 5.74) is 4.82. The van der Waals surface area contributed by atoms with Crippen molar-refractivity contribution in [2.24, 2.45) is 0 Å². The van der Waals surface area contributed by atoms with Gasteiger partial charge in [-0.25, -0.2) is 0 Å². The van der Waals surface area contributed by atoms with Gasteiger partial charge in [0.1, 0.15) is 17.9 Å². The van der Waals surface area contributed by atoms with Crippen molar-refractivity contribution in [3.8, 4) is 5.75 Å². The second-order valence-corrected chi connectivity index (χ2v) is 8.93. The van der Waals surface area contributed by atoms with Crippen LogP contribution in [0.4, 0.5) is 5.69 Å². The molecule has 0 aliphatic carbocycles. The summed E-state index contributed by atoms with van der Waals surface area (Å²) >= 11 is 8.75. The van der Waals surface area contributed by atoms with E-state index in [4.69, 9.17) is 17.0 Å². The highest BCUT2D eigenvalue weighted by Gasteiger charge is 2.34. The first kappa shape index (κ1) is 22.9. The number of nitrogens with one attached hydrogen (secondary N) is 1. The van der Waals surface area contributed by atoms with Crippen molar-refractivity contribution in [2.75, 3.05) is 4.90 Å². The van der Waals surface area contributed by atoms with Crippen LogP contribution in [0.25, 0.3) is 6.08 Å². The van der Waals surface area contributed by atoms with Crippen LogP contribution in [-0.4, -0.2) is 16.9 Å². The van der Waals surface area contributed by atoms with Crippen LogP contribution < -0.4 is 15.0 Å². The number of benzene rings is 3. The Morgan fingerprint density at radius 1 is 1.00 bits per heavy atom. The SMILES string of the molecule is Cc1ccc(COc2ccc(/C=C3/C(=O)NC(=S)N(c4ccccc4)C3=O)cc2Br)cc1C. The average molecular weight is 521 g/mol. The maximum absolute atomic E-state index is 13.1. The Hall–Kier alpha value is -3.29. The van der Waals surface area contributed by atoms with Crippen LogP contribution in [0.1, 0.15) is 22.3 Å². The molecular weight excluding hydrogens is 500 g/mol. The van der Waals surface area contributed by atoms with Gasteiger partial charge in [-0.1, -0.05) is 42.5 Å². The highest BCUT2D eigenvalue weighted by molar-refractivity contribution is 9.10. The third kappa shape index (κ3) is 5.05. The Morgan fingerprint density at radius 2 is 1.76 bits per heavy atom. The molecule has 2 amide bonds. The Bertz CT molecular complexity index is 1290. The molecule has 0 saturated carbocycles. The Labute approximate surface area is 206 Å². The van der Waals surface area contributed by atoms with Gasteiger partial charge in [0.15, 0.2) is 5.11 Å². The molecule has 1 aliphatic rings. The quantitative estimate of drug-likeness (QED) is 0.275. The first-order chi connectivity index (χ1) is 15.8. The summed E-state index contributed by atoms with van der Waals surface area (Å²) in [5.74, 6) is -0.327. The van der Waals surface area contributed by atoms with Crippen molar-refractivity contribution in [3.05, 3.63) is 99.0 Å². The van der Waals surface area contributed by atoms with Gasteiger partial charge in [0.25, 0.3) is 11.8 Å². The second kappa shape index (κ2) is 9.68. The van der Waals surface area contributed by atoms with E-state index < -0.39 is 11.8 Å². The molecule has 0 unspecified atom stereocenters. The predicted molar refractivity (Wildman–Crippen MR) is 137 cm³/mol. The lowest BCUT2D eigenvalue weighted by molar-refractivity contribution is -0.122. The molecule has 7 heteroatoms. The van der Waals surface area contributed by atoms with Gasteiger partial charge in [-0.3, -0.25) is 19.8 Å². The van der Waals surface area contributed by atoms with Gasteiger partial charge < -0.3 is 4.74 Å². The van der Waals surface area contributed by atoms with Crippen LogP contribution in [-0.2, 0) is 16.2 Å². The molecule has 33 heavy (non-hydrogen) atoms. The average Bonchev–Trinajstić information content (AvgIpc) is 2.79. The van der Waals surface area contributed by atoms with Gasteiger partial charge in [-0.2, -0.15) is 0 Å². The molecule has 0 radical (unpaired) electrons. The zero-order valence-electron chi connectivity index (χ0n) is 18.1. The maximum Gasteiger partial charge on any atom is 0.270 e. The largest absolute Gasteiger partial charge is 0.488 e. The minimum Gasteiger partial charge on any atom is -0.488 e. The van der Waals surface area contributed by atoms with E-state index in [1.54, 1.807) is 36.4 Å². The Balaban J connectivity index is 1.54. The number of carbonyl (C=O) groups excluding carboxylic acids is 2. The third-order valence-corrected chi connectivity index (χ3v) is 6.25. The summed E-state index contributed by atoms with van der Waals surface area (Å²) in [7, 11) is 0. The van der Waals surface area contributed by atoms with Gasteiger partial charge in [0, 0.05) is 0 Å². The van der Waals surface area contributed by atoms with Crippen LogP contribution in [0, 0.1) is 13.8 Å². The zero-order chi connectivity index (χ0) is 23.5. The first-order valence-electron chi connectivity index (χ1n) is 10.3. The van der Waals surface area contributed by atoms with E-state index in [1.807, 2.05) is 24.3 Å². The van der Waals surface area contributed by atoms with Crippen molar-refractivity contribution in [3.63, 3.8) is 0 Å². The highest BCUT2D eigenvalue weighted by Crippen LogP contribution is 2.29. The third-order valence-electron chi connectivity index (χ3n) is 5.35. The van der Waals surface area contributed by atoms with E-state index in [2.05, 4.69) is 47.2 Å². The molecule has 4 rings (SSSR count). The van der Waals surface area contributed by atoms with Gasteiger partial charge in [-0.05, 0) is 94.6 Å². The topological polar surface area (TPSA) is 58.6 Å². The maximum atomic E-state index is 13.1. The number of hydrogen-bond donors (Lipinski definition) is 1. The van der Waals surface area contributed by atoms with Crippen LogP contribution >= 0.6 is 28.1 Å². The van der Waals surface area contributed by atoms with Gasteiger partial charge >= 0.3 is 0 Å². The summed E-state index contributed by atoms with van der Waals surface area (Å²) < 4.78 is 6.68. The van der Waals surface area contributed by atoms with Crippen LogP contribution in [0.5, 0.6) is 5.75 Å². The molecule has 1 heterocycles. The molecule has 1 saturated heterocycles. The number of amides is 2. The molecule has 166 valence electrons. The fraction of sp³-hybridized carbons (Fsp3) is 0.115. The van der Waals surface area contributed by atoms with Gasteiger partial charge in [0.2, 0.25) is 0 Å². The fourth-order valence-electron chi connectivity index (χ4n) is 3.41. The van der Waals surface area contributed by atoms with Crippen molar-refractivity contribution in [1.29, 1.82) is 0 Å². The standard InChI is InChI=1S/C26H21BrN2O3S/c1-16-8-9-19(12-17(16)2)15-32-23-11-10-18(14-22(23)27)13-21-24(30)28-26(33)29(25(21)31)20-6-4-3-5-7-20/h3-14H,15H2,1-2H3,(H,28,30,33)/b21-13-. The van der Waals surface area contributed by atoms with E-state index in [0.717, 1.165) is 10.0 Å². The van der Waals surface area contributed by atoms with E-state index in [9.17, 15) is 9.59 Å². The van der Waals surface area contributed by atoms with Crippen molar-refractivity contribution in [2.45, 2.75) is 20.5 Å². The van der Waals surface area contributed by atoms with E-state index >= 15 is 0 Å². The number of anilines is 1. The number of rotatable bonds is 5. The number of nitrogens with zero attached hydrogens (tertiary/aromatic N) is 1. The number of halogens is 1. The summed E-state index contributed by atoms with van der Waals surface area (Å²) in [4.78, 5) is 26.9. The lowest BCUT2D eigenvalue weighted by atomic mass is 10.1. The molecule has 1 aliphatic heterocycles. The molecule has 5 nitrogen and oxygen atoms in total. The van der Waals surface area contributed by atoms with Crippen molar-refractivity contribution < 1.29 is 14.3 Å². The minimum absolute atomic E-state index is 0.00292. The normalized spacial score (nSPS) is 15.1. The molecule has 1 fully saturated rings. The molecule has 0 aromatic heterocycles. The molecular formula is C26H21BrN2O3S. The smallest absolute Gasteiger partial charge is 0.270 e. The molecule has 0 spiro atoms. The molecule has 0 bridgehead atoms. The lowest BCUT2D eigenvalue weighted by Gasteiger charge is -2.28. The number of para-hydroxylation sites is 1. The number of thiocarbonyl (C=S) groups is 1. The lowest BCUT2D eigenvalue weighted by Crippen LogP contribution is -2.54. The molecule has 3 aromatic carbocycles. The molecule has 0 atom stereocenters. The summed E-state index contributed by atoms with van der Waals surface area (Å²) in [6, 6.07) is 20.6. The second-order valence-electron chi connectivity index (χ2n) is 7.69. The summed E-state index contributed by atoms with van der Waals surface area (Å²) in [6.07, 6.45) is 1.55. The number of carbonyl (C=O) groups is 2. The molecule has 3 aromatic rings. The molecule has 1 N–H and O–H groups in total. The van der Waals surface area contributed by atoms with Crippen molar-refractivity contribution in [1.82, 2.24) is 5.32 Å². The van der Waals surface area contributed by atoms with E-state index in [1.165, 1.54) is 16.0 Å². The number of ether oxygens (including phenoxy) is 1. The van der Waals surface area contributed by atoms with Crippen LogP contribution in [0.2, 0.25) is 0 Å². The van der Waals surface area contributed by atoms with E-state index in [0.29, 0.717) is 23.6 Å². The van der Waals surface area contributed by atoms with Crippen LogP contribution in [0.3, 0.4) is 0 Å². The summed E-state index contributed by atoms with van der Waals surface area (Å²) in [5, 5.41) is 2.65. The number of aryl methyl sites for hydroxylation is 2. The van der Waals surface area contributed by atoms with E-state index in [-0.39, 0.29) is 10.7 Å². The monoisotopic (exact) mass is 520 g/mol. The Kier molecular flexibility index (Phi) is 6.72. The Morgan fingerprint density at radius 3 is 2.45 bits per heavy atom.